The van der Waals surface area contributed by atoms with Gasteiger partial charge in [0, 0.05) is 124 Å². The Hall–Kier alpha value is -13.8. The van der Waals surface area contributed by atoms with Crippen molar-refractivity contribution in [3.8, 4) is 0 Å². The van der Waals surface area contributed by atoms with Crippen LogP contribution >= 0.6 is 81.2 Å². The Kier molecular flexibility index (Phi) is 33.6. The molecule has 28 nitrogen and oxygen atoms in total. The van der Waals surface area contributed by atoms with E-state index in [0.29, 0.717) is 175 Å². The number of hydrogen-bond donors (Lipinski definition) is 11. The van der Waals surface area contributed by atoms with Crippen molar-refractivity contribution in [2.24, 2.45) is 4.99 Å². The van der Waals surface area contributed by atoms with Gasteiger partial charge in [0.05, 0.1) is 84.9 Å². The fraction of sp³-hybridized carbons (Fsp3) is 0.175. The molecule has 0 spiro atoms. The third-order valence-corrected chi connectivity index (χ3v) is 22.4. The Balaban J connectivity index is 0.000000159. The summed E-state index contributed by atoms with van der Waals surface area (Å²) in [5, 5.41) is 49.6. The number of piperidine rings is 1. The second-order valence-electron chi connectivity index (χ2n) is 30.4. The number of nitrogens with zero attached hydrogens (tertiary/aromatic N) is 8. The van der Waals surface area contributed by atoms with Gasteiger partial charge >= 0.3 is 0 Å². The van der Waals surface area contributed by atoms with Gasteiger partial charge in [-0.2, -0.15) is 0 Å². The largest absolute Gasteiger partial charge is 0.378 e. The fourth-order valence-electron chi connectivity index (χ4n) is 13.9. The van der Waals surface area contributed by atoms with Crippen molar-refractivity contribution >= 4 is 198 Å². The Bertz CT molecular complexity index is 6170. The van der Waals surface area contributed by atoms with Gasteiger partial charge in [-0.3, -0.25) is 54.2 Å². The summed E-state index contributed by atoms with van der Waals surface area (Å²) in [6, 6.07) is 55.2. The first kappa shape index (κ1) is 97.3. The molecule has 4 aromatic heterocycles. The Morgan fingerprint density at radius 1 is 0.326 bits per heavy atom. The molecular formula is C97H88Cl7N19O9. The number of aliphatic imine (C=N–C) groups is 1. The summed E-state index contributed by atoms with van der Waals surface area (Å²) < 4.78 is 5.34. The summed E-state index contributed by atoms with van der Waals surface area (Å²) in [5.41, 5.74) is 10.4. The van der Waals surface area contributed by atoms with Gasteiger partial charge in [-0.15, -0.1) is 0 Å². The van der Waals surface area contributed by atoms with Crippen LogP contribution in [0.25, 0.3) is 0 Å². The van der Waals surface area contributed by atoms with Crippen LogP contribution in [0, 0.1) is 43.9 Å². The maximum absolute atomic E-state index is 13.0. The van der Waals surface area contributed by atoms with Gasteiger partial charge in [0.1, 0.15) is 40.8 Å². The molecule has 7 heterocycles. The van der Waals surface area contributed by atoms with Crippen molar-refractivity contribution in [2.75, 3.05) is 102 Å². The molecule has 0 unspecified atom stereocenters. The van der Waals surface area contributed by atoms with E-state index >= 15 is 0 Å². The molecule has 0 saturated carbocycles. The zero-order chi connectivity index (χ0) is 94.4. The molecule has 674 valence electrons. The number of rotatable bonds is 20. The molecule has 3 aliphatic rings. The van der Waals surface area contributed by atoms with Gasteiger partial charge in [0.2, 0.25) is 0 Å². The number of hydrogen-bond acceptors (Lipinski definition) is 18. The predicted molar refractivity (Wildman–Crippen MR) is 524 cm³/mol. The zero-order valence-electron chi connectivity index (χ0n) is 72.0. The molecule has 15 rings (SSSR count). The number of amides is 8. The SMILES string of the molecule is CC(=N)c1ccc(C(=O)Nc2c(C)cccc2C(=O)Nc2ccc(Cl)cn2)cc1.Cc1cc(Cl)cc(C(=O)Nc2ccc(Cl)cn2)c1NC(=O)c1ccc(C(=N)N2CCCCC2)cc1.Cc1cc(Cl)cc(C(=O)Nc2ccc(Cl)cn2)c1NC(=O)c1ccc(C(=N)N2CCOCC2)cc1.Cc1cc(Cl)cc(C(=O)Nc2ccc(Cl)cn2)c1NC(=O)c1ccc(C2=NCCN2C)cc1. The van der Waals surface area contributed by atoms with Crippen LogP contribution in [-0.2, 0) is 4.74 Å². The maximum Gasteiger partial charge on any atom is 0.258 e. The zero-order valence-corrected chi connectivity index (χ0v) is 77.3. The molecule has 12 aromatic rings. The first-order valence-corrected chi connectivity index (χ1v) is 43.9. The Morgan fingerprint density at radius 2 is 0.636 bits per heavy atom. The smallest absolute Gasteiger partial charge is 0.258 e. The highest BCUT2D eigenvalue weighted by atomic mass is 35.5. The molecule has 2 saturated heterocycles. The molecule has 132 heavy (non-hydrogen) atoms. The number of amidine groups is 3. The lowest BCUT2D eigenvalue weighted by molar-refractivity contribution is 0.0680. The number of morpholine rings is 1. The van der Waals surface area contributed by atoms with Crippen molar-refractivity contribution < 1.29 is 43.1 Å². The number of anilines is 8. The van der Waals surface area contributed by atoms with E-state index in [-0.39, 0.29) is 34.4 Å². The van der Waals surface area contributed by atoms with Crippen molar-refractivity contribution in [1.82, 2.24) is 34.6 Å². The number of carbonyl (C=O) groups excluding carboxylic acids is 8. The highest BCUT2D eigenvalue weighted by Gasteiger charge is 2.27. The minimum atomic E-state index is -0.477. The summed E-state index contributed by atoms with van der Waals surface area (Å²) in [4.78, 5) is 130. The number of aromatic nitrogens is 4. The topological polar surface area (TPSA) is 387 Å². The molecule has 0 radical (unpaired) electrons. The van der Waals surface area contributed by atoms with E-state index in [4.69, 9.17) is 102 Å². The first-order valence-electron chi connectivity index (χ1n) is 41.2. The number of para-hydroxylation sites is 1. The van der Waals surface area contributed by atoms with Crippen LogP contribution in [0.2, 0.25) is 35.2 Å². The minimum absolute atomic E-state index is 0.200. The van der Waals surface area contributed by atoms with Crippen molar-refractivity contribution in [3.05, 3.63) is 349 Å². The second kappa shape index (κ2) is 45.6. The van der Waals surface area contributed by atoms with E-state index in [0.717, 1.165) is 67.1 Å². The van der Waals surface area contributed by atoms with Gasteiger partial charge in [-0.25, -0.2) is 19.9 Å². The molecule has 0 atom stereocenters. The van der Waals surface area contributed by atoms with Crippen molar-refractivity contribution in [2.45, 2.75) is 53.9 Å². The van der Waals surface area contributed by atoms with Crippen LogP contribution in [0.5, 0.6) is 0 Å². The maximum atomic E-state index is 13.0. The van der Waals surface area contributed by atoms with E-state index in [2.05, 4.69) is 77.3 Å². The number of halogens is 7. The van der Waals surface area contributed by atoms with Gasteiger partial charge in [0.25, 0.3) is 47.3 Å². The summed E-state index contributed by atoms with van der Waals surface area (Å²) in [5.74, 6) is -0.144. The number of likely N-dealkylation sites (N-methyl/N-ethyl adjacent to an activating group) is 1. The molecule has 8 aromatic carbocycles. The van der Waals surface area contributed by atoms with Gasteiger partial charge in [-0.1, -0.05) is 142 Å². The van der Waals surface area contributed by atoms with E-state index in [1.807, 2.05) is 37.1 Å². The van der Waals surface area contributed by atoms with Crippen LogP contribution in [0.4, 0.5) is 46.0 Å². The molecule has 35 heteroatoms. The van der Waals surface area contributed by atoms with Crippen LogP contribution < -0.4 is 42.5 Å². The highest BCUT2D eigenvalue weighted by Crippen LogP contribution is 2.33. The van der Waals surface area contributed by atoms with Crippen LogP contribution in [0.3, 0.4) is 0 Å². The Labute approximate surface area is 796 Å². The lowest BCUT2D eigenvalue weighted by atomic mass is 10.0. The fourth-order valence-corrected chi connectivity index (χ4v) is 15.1. The van der Waals surface area contributed by atoms with E-state index < -0.39 is 29.5 Å². The van der Waals surface area contributed by atoms with Crippen LogP contribution in [0.1, 0.15) is 154 Å². The number of likely N-dealkylation sites (tertiary alicyclic amines) is 1. The molecule has 2 fully saturated rings. The molecule has 3 aliphatic heterocycles. The van der Waals surface area contributed by atoms with E-state index in [1.54, 1.807) is 191 Å². The minimum Gasteiger partial charge on any atom is -0.378 e. The molecular weight excluding hydrogens is 1820 g/mol. The number of nitrogens with one attached hydrogen (secondary N) is 11. The Morgan fingerprint density at radius 3 is 0.955 bits per heavy atom. The van der Waals surface area contributed by atoms with Crippen molar-refractivity contribution in [1.29, 1.82) is 16.2 Å². The number of ether oxygens (including phenoxy) is 1. The van der Waals surface area contributed by atoms with E-state index in [1.165, 1.54) is 49.4 Å². The second-order valence-corrected chi connectivity index (χ2v) is 33.5. The highest BCUT2D eigenvalue weighted by molar-refractivity contribution is 6.34. The lowest BCUT2D eigenvalue weighted by Crippen LogP contribution is -2.40. The normalized spacial score (nSPS) is 12.6. The van der Waals surface area contributed by atoms with Crippen LogP contribution in [-0.4, -0.2) is 165 Å². The third kappa shape index (κ3) is 26.3. The summed E-state index contributed by atoms with van der Waals surface area (Å²) >= 11 is 42.0. The van der Waals surface area contributed by atoms with Crippen LogP contribution in [0.15, 0.2) is 230 Å². The standard InChI is InChI=1S/C26H25Cl2N5O2.C25H23Cl2N5O3.C24H21Cl2N5O2.C22H19ClN4O2/c1-16-13-20(28)14-21(26(35)31-22-10-9-19(27)15-30-22)23(16)32-25(34)18-7-5-17(6-8-18)24(29)33-11-3-2-4-12-33;1-15-12-19(27)13-20(25(34)30-21-7-6-18(26)14-29-21)22(15)31-24(33)17-4-2-16(3-5-17)23(28)32-8-10-35-11-9-32;1-14-11-18(26)12-19(24(33)29-20-8-7-17(25)13-28-20)21(14)30-23(32)16-5-3-15(4-6-16)22-27-9-10-31(22)2;1-13-4-3-5-18(22(29)26-19-11-10-17(23)12-25-19)20(13)27-21(28)16-8-6-15(7-9-16)14(2)24/h5-10,13-15,29H,2-4,11-12H2,1H3,(H,32,34)(H,30,31,35);2-7,12-14,28H,8-11H2,1H3,(H,31,33)(H,29,30,34);3-8,11-13H,9-10H2,1-2H3,(H,30,32)(H,28,29,33);3-12,24H,1-2H3,(H,27,28)(H,25,26,29). The van der Waals surface area contributed by atoms with E-state index in [9.17, 15) is 38.4 Å². The van der Waals surface area contributed by atoms with Gasteiger partial charge in [-0.05, 0) is 221 Å². The summed E-state index contributed by atoms with van der Waals surface area (Å²) in [6.45, 7) is 14.7. The third-order valence-electron chi connectivity index (χ3n) is 20.9. The molecule has 0 aliphatic carbocycles. The van der Waals surface area contributed by atoms with Gasteiger partial charge < -0.3 is 67.4 Å². The van der Waals surface area contributed by atoms with Crippen molar-refractivity contribution in [3.63, 3.8) is 0 Å². The average Bonchev–Trinajstić information content (AvgIpc) is 0.852. The lowest BCUT2D eigenvalue weighted by Gasteiger charge is -2.29. The number of carbonyl (C=O) groups is 8. The summed E-state index contributed by atoms with van der Waals surface area (Å²) in [7, 11) is 1.99. The number of aryl methyl sites for hydroxylation is 4. The average molecular weight is 1910 g/mol. The molecule has 0 bridgehead atoms. The number of benzene rings is 8. The quantitative estimate of drug-likeness (QED) is 0.0249. The first-order chi connectivity index (χ1) is 63.3. The summed E-state index contributed by atoms with van der Waals surface area (Å²) in [6.07, 6.45) is 9.10. The molecule has 8 amide bonds. The molecule has 11 N–H and O–H groups in total. The number of pyridine rings is 4. The van der Waals surface area contributed by atoms with Gasteiger partial charge in [0.15, 0.2) is 0 Å². The monoisotopic (exact) mass is 1910 g/mol. The predicted octanol–water partition coefficient (Wildman–Crippen LogP) is 20.7.